The van der Waals surface area contributed by atoms with Gasteiger partial charge in [-0.1, -0.05) is 182 Å². The second-order valence-corrected chi connectivity index (χ2v) is 18.8. The molecule has 0 spiro atoms. The summed E-state index contributed by atoms with van der Waals surface area (Å²) in [4.78, 5) is 0. The topological polar surface area (TPSA) is 136 Å². The summed E-state index contributed by atoms with van der Waals surface area (Å²) in [6, 6.07) is 55.9. The van der Waals surface area contributed by atoms with Gasteiger partial charge in [-0.2, -0.15) is 8.42 Å². The number of benzene rings is 6. The van der Waals surface area contributed by atoms with Gasteiger partial charge in [0.05, 0.1) is 69.3 Å². The van der Waals surface area contributed by atoms with Gasteiger partial charge in [0.1, 0.15) is 42.7 Å². The van der Waals surface area contributed by atoms with E-state index in [9.17, 15) is 11.2 Å². The molecule has 14 heteroatoms. The third-order valence-corrected chi connectivity index (χ3v) is 12.5. The first-order valence-electron chi connectivity index (χ1n) is 25.4. The predicted molar refractivity (Wildman–Crippen MR) is 266 cm³/mol. The fourth-order valence-electron chi connectivity index (χ4n) is 8.35. The number of hydrogen-bond donors (Lipinski definition) is 0. The summed E-state index contributed by atoms with van der Waals surface area (Å²) in [7, 11) is -2.40. The van der Waals surface area contributed by atoms with Crippen LogP contribution in [0, 0.1) is 0 Å². The highest BCUT2D eigenvalue weighted by Gasteiger charge is 2.52. The molecule has 0 aromatic heterocycles. The van der Waals surface area contributed by atoms with Gasteiger partial charge in [0.25, 0.3) is 10.1 Å². The highest BCUT2D eigenvalue weighted by Crippen LogP contribution is 2.35. The summed E-state index contributed by atoms with van der Waals surface area (Å²) in [5, 5.41) is 0. The highest BCUT2D eigenvalue weighted by molar-refractivity contribution is 7.85. The number of ether oxygens (including phenoxy) is 10. The first-order valence-corrected chi connectivity index (χ1v) is 25.5. The minimum Gasteiger partial charge on any atom is -0.368 e. The van der Waals surface area contributed by atoms with Gasteiger partial charge in [-0.15, -0.1) is 0 Å². The van der Waals surface area contributed by atoms with Gasteiger partial charge >= 0.3 is 0 Å². The van der Waals surface area contributed by atoms with Crippen molar-refractivity contribution in [3.63, 3.8) is 0 Å². The zero-order valence-corrected chi connectivity index (χ0v) is 40.6. The van der Waals surface area contributed by atoms with E-state index in [1.165, 1.54) is 7.11 Å². The Labute approximate surface area is 422 Å². The summed E-state index contributed by atoms with van der Waals surface area (Å²) in [6.45, 7) is -3.90. The highest BCUT2D eigenvalue weighted by atomic mass is 32.2. The van der Waals surface area contributed by atoms with Gasteiger partial charge in [-0.3, -0.25) is 4.18 Å². The Morgan fingerprint density at radius 3 is 1.20 bits per heavy atom. The Kier molecular flexibility index (Phi) is 18.3. The zero-order chi connectivity index (χ0) is 51.7. The second kappa shape index (κ2) is 27.0. The van der Waals surface area contributed by atoms with Crippen LogP contribution in [0.15, 0.2) is 182 Å². The van der Waals surface area contributed by atoms with Crippen molar-refractivity contribution in [2.24, 2.45) is 0 Å². The fraction of sp³-hybridized carbons (Fsp3) is 0.368. The first kappa shape index (κ1) is 48.1. The van der Waals surface area contributed by atoms with Gasteiger partial charge in [-0.05, 0) is 33.4 Å². The smallest absolute Gasteiger partial charge is 0.264 e. The van der Waals surface area contributed by atoms with Crippen molar-refractivity contribution in [1.29, 1.82) is 0 Å². The van der Waals surface area contributed by atoms with Gasteiger partial charge < -0.3 is 47.4 Å². The molecule has 8 rings (SSSR count). The quantitative estimate of drug-likeness (QED) is 0.0479. The monoisotopic (exact) mass is 991 g/mol. The molecular weight excluding hydrogens is 925 g/mol. The Morgan fingerprint density at radius 2 is 0.761 bits per heavy atom. The van der Waals surface area contributed by atoms with Gasteiger partial charge in [0.2, 0.25) is 0 Å². The van der Waals surface area contributed by atoms with E-state index in [1.54, 1.807) is 72.8 Å². The third-order valence-electron chi connectivity index (χ3n) is 11.9. The lowest BCUT2D eigenvalue weighted by atomic mass is 9.95. The minimum atomic E-state index is -3.84. The fourth-order valence-corrected chi connectivity index (χ4v) is 8.75. The molecule has 13 nitrogen and oxygen atoms in total. The molecule has 376 valence electrons. The van der Waals surface area contributed by atoms with Crippen molar-refractivity contribution >= 4 is 10.1 Å². The van der Waals surface area contributed by atoms with Crippen LogP contribution in [0.5, 0.6) is 0 Å². The van der Waals surface area contributed by atoms with Crippen LogP contribution in [0.25, 0.3) is 0 Å². The van der Waals surface area contributed by atoms with Crippen molar-refractivity contribution in [3.05, 3.63) is 215 Å². The Balaban J connectivity index is 1.17. The van der Waals surface area contributed by atoms with Crippen molar-refractivity contribution in [1.82, 2.24) is 0 Å². The van der Waals surface area contributed by atoms with E-state index in [0.717, 1.165) is 22.9 Å². The minimum absolute atomic E-state index is 0.0486. The van der Waals surface area contributed by atoms with E-state index in [2.05, 4.69) is 0 Å². The standard InChI is InChI=1S/C57H64O13S/c1-60-56-54(65-39-46-29-17-7-18-30-46)53(64-38-45-27-15-6-16-28-45)51(62-36-43-23-11-4-12-24-43)49(70-56)41-67-57-55(66-40-47-31-19-8-20-32-47)52(63-37-44-25-13-5-14-26-44)50(61-35-42-21-9-3-10-22-42)48(69-57)33-34-68-71(2,58)59/h3-32,48-57H,33-41H2,1-2H3/t48-,49-,50-,51-,52+,53+,54-,55-,56?,57+/m1/s1/i36D,38D,39D/t36?,38?,39?,48-,49-,50-,51-,52+,53+,54-,55-,56?,57+. The number of rotatable bonds is 26. The molecule has 2 saturated heterocycles. The maximum Gasteiger partial charge on any atom is 0.264 e. The summed E-state index contributed by atoms with van der Waals surface area (Å²) in [6.07, 6.45) is -9.68. The average molecular weight is 992 g/mol. The molecule has 13 atom stereocenters. The first-order chi connectivity index (χ1) is 36.0. The number of methoxy groups -OCH3 is 1. The largest absolute Gasteiger partial charge is 0.368 e. The molecule has 2 fully saturated rings. The molecular formula is C57H64O13S. The van der Waals surface area contributed by atoms with Crippen LogP contribution in [0.4, 0.5) is 0 Å². The van der Waals surface area contributed by atoms with E-state index in [4.69, 9.17) is 52.9 Å². The van der Waals surface area contributed by atoms with Crippen LogP contribution in [-0.4, -0.2) is 96.4 Å². The molecule has 0 amide bonds. The normalized spacial score (nSPS) is 26.6. The van der Waals surface area contributed by atoms with E-state index >= 15 is 0 Å². The summed E-state index contributed by atoms with van der Waals surface area (Å²) in [5.41, 5.74) is 4.27. The maximum absolute atomic E-state index is 12.3. The van der Waals surface area contributed by atoms with Gasteiger partial charge in [-0.25, -0.2) is 0 Å². The molecule has 6 aromatic carbocycles. The zero-order valence-electron chi connectivity index (χ0n) is 42.8. The van der Waals surface area contributed by atoms with Crippen LogP contribution in [0.1, 0.15) is 43.9 Å². The van der Waals surface area contributed by atoms with Crippen molar-refractivity contribution in [3.8, 4) is 0 Å². The van der Waals surface area contributed by atoms with Crippen LogP contribution in [0.3, 0.4) is 0 Å². The lowest BCUT2D eigenvalue weighted by Gasteiger charge is -2.48. The van der Waals surface area contributed by atoms with Crippen LogP contribution in [0.2, 0.25) is 0 Å². The van der Waals surface area contributed by atoms with E-state index in [0.29, 0.717) is 16.7 Å². The molecule has 2 aliphatic heterocycles. The molecule has 2 heterocycles. The average Bonchev–Trinajstić information content (AvgIpc) is 3.43. The maximum atomic E-state index is 12.3. The van der Waals surface area contributed by atoms with Crippen molar-refractivity contribution in [2.45, 2.75) is 107 Å². The molecule has 6 aromatic rings. The summed E-state index contributed by atoms with van der Waals surface area (Å²) in [5.74, 6) is 0. The van der Waals surface area contributed by atoms with Crippen LogP contribution < -0.4 is 0 Å². The van der Waals surface area contributed by atoms with E-state index in [-0.39, 0.29) is 39.5 Å². The second-order valence-electron chi connectivity index (χ2n) is 17.1. The lowest BCUT2D eigenvalue weighted by Crippen LogP contribution is -2.63. The van der Waals surface area contributed by atoms with Gasteiger partial charge in [0, 0.05) is 13.5 Å². The molecule has 71 heavy (non-hydrogen) atoms. The molecule has 0 bridgehead atoms. The molecule has 2 aliphatic rings. The Bertz CT molecular complexity index is 2640. The summed E-state index contributed by atoms with van der Waals surface area (Å²) >= 11 is 0. The molecule has 0 saturated carbocycles. The third kappa shape index (κ3) is 15.9. The van der Waals surface area contributed by atoms with Crippen LogP contribution >= 0.6 is 0 Å². The molecule has 0 N–H and O–H groups in total. The Morgan fingerprint density at radius 1 is 0.423 bits per heavy atom. The Hall–Kier alpha value is -5.17. The summed E-state index contributed by atoms with van der Waals surface area (Å²) < 4.78 is 125. The van der Waals surface area contributed by atoms with Crippen molar-refractivity contribution in [2.75, 3.05) is 26.6 Å². The van der Waals surface area contributed by atoms with Crippen LogP contribution in [-0.2, 0) is 101 Å². The van der Waals surface area contributed by atoms with Gasteiger partial charge in [0.15, 0.2) is 12.6 Å². The van der Waals surface area contributed by atoms with E-state index < -0.39 is 91.3 Å². The lowest BCUT2D eigenvalue weighted by molar-refractivity contribution is -0.349. The molecule has 0 aliphatic carbocycles. The van der Waals surface area contributed by atoms with Crippen molar-refractivity contribution < 1.29 is 64.1 Å². The molecule has 0 radical (unpaired) electrons. The SMILES string of the molecule is [2H]C(O[C@H]1[C@H](OC([2H])c2ccccc2)[C@@H](OC([2H])c2ccccc2)C(OC)O[C@@H]1CO[C@H]1O[C@H](CCOS(C)(=O)=O)[C@@H](OCc2ccccc2)[C@H](OCc2ccccc2)[C@H]1OCc1ccccc1)c1ccccc1. The molecule has 4 unspecified atom stereocenters. The predicted octanol–water partition coefficient (Wildman–Crippen LogP) is 8.98. The van der Waals surface area contributed by atoms with E-state index in [1.807, 2.05) is 109 Å². The number of hydrogen-bond acceptors (Lipinski definition) is 13.